The van der Waals surface area contributed by atoms with Gasteiger partial charge in [-0.25, -0.2) is 0 Å². The second-order valence-corrected chi connectivity index (χ2v) is 9.06. The Bertz CT molecular complexity index is 513. The maximum atomic E-state index is 11.3. The molecule has 1 aliphatic rings. The third kappa shape index (κ3) is 9.06. The molecule has 166 valence electrons. The van der Waals surface area contributed by atoms with Crippen molar-refractivity contribution in [1.82, 2.24) is 5.32 Å². The third-order valence-corrected chi connectivity index (χ3v) is 5.53. The van der Waals surface area contributed by atoms with E-state index in [0.717, 1.165) is 0 Å². The minimum absolute atomic E-state index is 0.0712. The normalized spacial score (nSPS) is 30.0. The number of aliphatic hydroxyl groups is 4. The van der Waals surface area contributed by atoms with Gasteiger partial charge in [-0.05, 0) is 31.1 Å². The van der Waals surface area contributed by atoms with Crippen LogP contribution in [0.1, 0.15) is 26.2 Å². The van der Waals surface area contributed by atoms with E-state index in [4.69, 9.17) is 35.4 Å². The van der Waals surface area contributed by atoms with E-state index in [1.807, 2.05) is 0 Å². The molecule has 0 bridgehead atoms. The van der Waals surface area contributed by atoms with Crippen molar-refractivity contribution < 1.29 is 48.6 Å². The number of carbonyl (C=O) groups is 1. The van der Waals surface area contributed by atoms with Gasteiger partial charge >= 0.3 is 6.72 Å². The van der Waals surface area contributed by atoms with E-state index >= 15 is 0 Å². The average Bonchev–Trinajstić information content (AvgIpc) is 2.63. The van der Waals surface area contributed by atoms with Crippen molar-refractivity contribution in [2.45, 2.75) is 56.8 Å². The number of unbranched alkanes of at least 4 members (excludes halogenated alkanes) is 1. The lowest BCUT2D eigenvalue weighted by atomic mass is 9.97. The summed E-state index contributed by atoms with van der Waals surface area (Å²) in [6.45, 7) is -2.25. The highest BCUT2D eigenvalue weighted by Gasteiger charge is 2.45. The largest absolute Gasteiger partial charge is 0.396 e. The van der Waals surface area contributed by atoms with Gasteiger partial charge < -0.3 is 49.2 Å². The molecule has 0 aliphatic carbocycles. The van der Waals surface area contributed by atoms with Crippen molar-refractivity contribution >= 4 is 24.4 Å². The molecule has 0 aromatic carbocycles. The molecule has 1 amide bonds. The Kier molecular flexibility index (Phi) is 12.1. The molecule has 6 atom stereocenters. The zero-order valence-electron chi connectivity index (χ0n) is 15.7. The number of nitrogens with one attached hydrogen (secondary N) is 1. The fraction of sp³-hybridized carbons (Fsp3) is 0.933. The van der Waals surface area contributed by atoms with Crippen molar-refractivity contribution in [3.05, 3.63) is 0 Å². The topological polar surface area (TPSA) is 167 Å². The molecule has 0 aromatic heterocycles. The van der Waals surface area contributed by atoms with Crippen molar-refractivity contribution in [3.63, 3.8) is 0 Å². The van der Waals surface area contributed by atoms with Crippen molar-refractivity contribution in [2.24, 2.45) is 0 Å². The summed E-state index contributed by atoms with van der Waals surface area (Å²) in [6, 6.07) is -0.991. The Morgan fingerprint density at radius 2 is 1.71 bits per heavy atom. The van der Waals surface area contributed by atoms with Crippen LogP contribution in [-0.4, -0.2) is 94.9 Å². The fourth-order valence-electron chi connectivity index (χ4n) is 2.48. The summed E-state index contributed by atoms with van der Waals surface area (Å²) in [5.74, 6) is -0.431. The van der Waals surface area contributed by atoms with Gasteiger partial charge in [0.2, 0.25) is 5.91 Å². The first-order chi connectivity index (χ1) is 13.2. The van der Waals surface area contributed by atoms with Crippen LogP contribution in [0.3, 0.4) is 0 Å². The molecule has 13 heteroatoms. The summed E-state index contributed by atoms with van der Waals surface area (Å²) in [5, 5.41) is 40.5. The zero-order valence-corrected chi connectivity index (χ0v) is 17.4. The molecule has 1 saturated heterocycles. The number of hydrogen-bond acceptors (Lipinski definition) is 10. The van der Waals surface area contributed by atoms with Crippen molar-refractivity contribution in [2.75, 3.05) is 33.0 Å². The molecule has 6 N–H and O–H groups in total. The summed E-state index contributed by atoms with van der Waals surface area (Å²) in [7, 11) is 0. The number of rotatable bonds is 13. The Hall–Kier alpha value is -0.240. The quantitative estimate of drug-likeness (QED) is 0.142. The van der Waals surface area contributed by atoms with Crippen LogP contribution in [0.4, 0.5) is 0 Å². The van der Waals surface area contributed by atoms with Crippen LogP contribution in [0, 0.1) is 0 Å². The summed E-state index contributed by atoms with van der Waals surface area (Å²) in [5.41, 5.74) is 0. The van der Waals surface area contributed by atoms with Crippen molar-refractivity contribution in [3.8, 4) is 0 Å². The van der Waals surface area contributed by atoms with Crippen LogP contribution in [0.5, 0.6) is 0 Å². The predicted molar refractivity (Wildman–Crippen MR) is 101 cm³/mol. The minimum Gasteiger partial charge on any atom is -0.396 e. The lowest BCUT2D eigenvalue weighted by Crippen LogP contribution is -2.64. The van der Waals surface area contributed by atoms with Gasteiger partial charge in [-0.2, -0.15) is 0 Å². The summed E-state index contributed by atoms with van der Waals surface area (Å²) < 4.78 is 21.1. The Labute approximate surface area is 168 Å². The van der Waals surface area contributed by atoms with E-state index in [1.165, 1.54) is 6.92 Å². The molecule has 0 radical (unpaired) electrons. The highest BCUT2D eigenvalue weighted by molar-refractivity contribution is 8.07. The Morgan fingerprint density at radius 3 is 2.29 bits per heavy atom. The van der Waals surface area contributed by atoms with Gasteiger partial charge in [-0.15, -0.1) is 0 Å². The fourth-order valence-corrected chi connectivity index (χ4v) is 3.72. The molecule has 0 spiro atoms. The standard InChI is InChI=1S/C15H30NO10PS/c1-10(19)16-12-14(21)13(20)11(9-18)26-15(12)23-6-2-3-7-24-27(22,28)25-8-4-5-17/h11-15,17-18,20-21H,2-9H2,1H3,(H,16,19)(H,22,28)/t11?,12-,13-,14?,15+,27?/m0/s1. The molecule has 3 unspecified atom stereocenters. The zero-order chi connectivity index (χ0) is 21.2. The summed E-state index contributed by atoms with van der Waals surface area (Å²) >= 11 is 4.82. The molecule has 1 aliphatic heterocycles. The lowest BCUT2D eigenvalue weighted by Gasteiger charge is -2.42. The van der Waals surface area contributed by atoms with Gasteiger partial charge in [0.15, 0.2) is 6.29 Å². The second-order valence-electron chi connectivity index (χ2n) is 6.22. The molecule has 28 heavy (non-hydrogen) atoms. The minimum atomic E-state index is -3.33. The molecule has 11 nitrogen and oxygen atoms in total. The molecule has 1 heterocycles. The van der Waals surface area contributed by atoms with Crippen LogP contribution >= 0.6 is 6.72 Å². The first-order valence-electron chi connectivity index (χ1n) is 8.95. The highest BCUT2D eigenvalue weighted by atomic mass is 32.5. The number of aliphatic hydroxyl groups excluding tert-OH is 4. The molecule has 1 fully saturated rings. The average molecular weight is 447 g/mol. The van der Waals surface area contributed by atoms with Crippen LogP contribution in [0.25, 0.3) is 0 Å². The smallest absolute Gasteiger partial charge is 0.324 e. The maximum Gasteiger partial charge on any atom is 0.324 e. The predicted octanol–water partition coefficient (Wildman–Crippen LogP) is -1.64. The van der Waals surface area contributed by atoms with Gasteiger partial charge in [-0.3, -0.25) is 4.79 Å². The molecule has 0 aromatic rings. The highest BCUT2D eigenvalue weighted by Crippen LogP contribution is 2.43. The van der Waals surface area contributed by atoms with Gasteiger partial charge in [0.25, 0.3) is 0 Å². The lowest BCUT2D eigenvalue weighted by molar-refractivity contribution is -0.270. The van der Waals surface area contributed by atoms with Crippen LogP contribution in [0.2, 0.25) is 0 Å². The number of ether oxygens (including phenoxy) is 2. The van der Waals surface area contributed by atoms with E-state index in [9.17, 15) is 25.0 Å². The van der Waals surface area contributed by atoms with Crippen LogP contribution in [0.15, 0.2) is 0 Å². The van der Waals surface area contributed by atoms with Crippen LogP contribution in [-0.2, 0) is 35.1 Å². The van der Waals surface area contributed by atoms with Gasteiger partial charge in [0.05, 0.1) is 19.8 Å². The summed E-state index contributed by atoms with van der Waals surface area (Å²) in [6.07, 6.45) is -3.50. The van der Waals surface area contributed by atoms with Gasteiger partial charge in [0, 0.05) is 20.1 Å². The van der Waals surface area contributed by atoms with E-state index in [1.54, 1.807) is 0 Å². The van der Waals surface area contributed by atoms with Gasteiger partial charge in [-0.1, -0.05) is 0 Å². The third-order valence-electron chi connectivity index (χ3n) is 3.88. The van der Waals surface area contributed by atoms with E-state index in [-0.39, 0.29) is 26.4 Å². The van der Waals surface area contributed by atoms with E-state index in [0.29, 0.717) is 19.3 Å². The first-order valence-corrected chi connectivity index (χ1v) is 11.5. The summed E-state index contributed by atoms with van der Waals surface area (Å²) in [4.78, 5) is 21.1. The maximum absolute atomic E-state index is 11.3. The molecule has 1 rings (SSSR count). The van der Waals surface area contributed by atoms with Crippen molar-refractivity contribution in [1.29, 1.82) is 0 Å². The number of hydrogen-bond donors (Lipinski definition) is 6. The van der Waals surface area contributed by atoms with E-state index < -0.39 is 49.9 Å². The Morgan fingerprint density at radius 1 is 1.11 bits per heavy atom. The number of carbonyl (C=O) groups excluding carboxylic acids is 1. The molecule has 0 saturated carbocycles. The second kappa shape index (κ2) is 13.1. The Balaban J connectivity index is 2.38. The monoisotopic (exact) mass is 447 g/mol. The first kappa shape index (κ1) is 25.8. The van der Waals surface area contributed by atoms with E-state index in [2.05, 4.69) is 5.32 Å². The molecular weight excluding hydrogens is 417 g/mol. The number of amides is 1. The SMILES string of the molecule is CC(=O)N[C@H]1C(O)[C@@H](O)C(CO)O[C@H]1OCCCCOP(O)(=S)OCCCO. The van der Waals surface area contributed by atoms with Crippen LogP contribution < -0.4 is 5.32 Å². The molecular formula is C15H30NO10PS. The van der Waals surface area contributed by atoms with Gasteiger partial charge in [0.1, 0.15) is 24.4 Å².